The van der Waals surface area contributed by atoms with Crippen LogP contribution in [0.25, 0.3) is 0 Å². The van der Waals surface area contributed by atoms with E-state index in [4.69, 9.17) is 9.84 Å². The van der Waals surface area contributed by atoms with Crippen molar-refractivity contribution in [2.45, 2.75) is 34.1 Å². The van der Waals surface area contributed by atoms with E-state index in [0.29, 0.717) is 13.2 Å². The van der Waals surface area contributed by atoms with Crippen LogP contribution in [-0.2, 0) is 14.3 Å². The molecule has 0 bridgehead atoms. The van der Waals surface area contributed by atoms with Crippen molar-refractivity contribution in [2.24, 2.45) is 0 Å². The summed E-state index contributed by atoms with van der Waals surface area (Å²) in [7, 11) is 0. The molecule has 0 saturated heterocycles. The number of carbonyl (C=O) groups excluding carboxylic acids is 1. The van der Waals surface area contributed by atoms with E-state index in [1.165, 1.54) is 0 Å². The molecule has 0 spiro atoms. The number of anilines is 1. The Bertz CT molecular complexity index is 502. The van der Waals surface area contributed by atoms with Gasteiger partial charge in [-0.25, -0.2) is 0 Å². The quantitative estimate of drug-likeness (QED) is 0.782. The Balaban J connectivity index is 2.97. The average Bonchev–Trinajstić information content (AvgIpc) is 2.34. The number of hydrogen-bond acceptors (Lipinski definition) is 4. The maximum atomic E-state index is 11.5. The summed E-state index contributed by atoms with van der Waals surface area (Å²) in [6.45, 7) is 8.19. The predicted molar refractivity (Wildman–Crippen MR) is 81.8 cm³/mol. The number of ether oxygens (including phenoxy) is 1. The number of esters is 1. The molecule has 0 fully saturated rings. The van der Waals surface area contributed by atoms with Gasteiger partial charge in [0.1, 0.15) is 6.54 Å². The van der Waals surface area contributed by atoms with Crippen molar-refractivity contribution >= 4 is 17.6 Å². The third kappa shape index (κ3) is 5.10. The van der Waals surface area contributed by atoms with Gasteiger partial charge in [-0.05, 0) is 38.8 Å². The molecule has 0 atom stereocenters. The molecule has 1 aromatic rings. The van der Waals surface area contributed by atoms with Crippen LogP contribution in [-0.4, -0.2) is 36.7 Å². The number of hydrogen-bond donors (Lipinski definition) is 1. The summed E-state index contributed by atoms with van der Waals surface area (Å²) < 4.78 is 4.90. The number of benzene rings is 1. The first-order chi connectivity index (χ1) is 9.85. The van der Waals surface area contributed by atoms with Crippen LogP contribution in [0.4, 0.5) is 5.69 Å². The lowest BCUT2D eigenvalue weighted by atomic mass is 10.0. The van der Waals surface area contributed by atoms with Crippen LogP contribution in [0.15, 0.2) is 12.1 Å². The summed E-state index contributed by atoms with van der Waals surface area (Å²) in [6.07, 6.45) is 0.174. The van der Waals surface area contributed by atoms with Crippen LogP contribution in [0.5, 0.6) is 0 Å². The van der Waals surface area contributed by atoms with Gasteiger partial charge >= 0.3 is 11.9 Å². The van der Waals surface area contributed by atoms with Crippen molar-refractivity contribution in [2.75, 3.05) is 24.6 Å². The molecule has 1 rings (SSSR count). The van der Waals surface area contributed by atoms with E-state index in [1.54, 1.807) is 11.8 Å². The average molecular weight is 293 g/mol. The number of carboxylic acids is 1. The minimum Gasteiger partial charge on any atom is -0.480 e. The van der Waals surface area contributed by atoms with E-state index in [9.17, 15) is 9.59 Å². The van der Waals surface area contributed by atoms with Crippen molar-refractivity contribution in [1.29, 1.82) is 0 Å². The Morgan fingerprint density at radius 1 is 1.19 bits per heavy atom. The van der Waals surface area contributed by atoms with E-state index in [2.05, 4.69) is 0 Å². The van der Waals surface area contributed by atoms with Crippen LogP contribution in [0.1, 0.15) is 30.0 Å². The zero-order valence-corrected chi connectivity index (χ0v) is 13.1. The molecule has 0 aromatic heterocycles. The molecule has 5 heteroatoms. The molecule has 0 aliphatic heterocycles. The number of carbonyl (C=O) groups is 2. The Morgan fingerprint density at radius 2 is 1.76 bits per heavy atom. The molecule has 5 nitrogen and oxygen atoms in total. The molecular formula is C16H23NO4. The fourth-order valence-corrected chi connectivity index (χ4v) is 2.56. The third-order valence-electron chi connectivity index (χ3n) is 3.17. The Labute approximate surface area is 125 Å². The van der Waals surface area contributed by atoms with Crippen LogP contribution in [0.2, 0.25) is 0 Å². The van der Waals surface area contributed by atoms with Crippen molar-refractivity contribution in [1.82, 2.24) is 0 Å². The number of aliphatic carboxylic acids is 1. The summed E-state index contributed by atoms with van der Waals surface area (Å²) in [5.74, 6) is -1.23. The van der Waals surface area contributed by atoms with Gasteiger partial charge in [0, 0.05) is 12.2 Å². The molecule has 0 aliphatic rings. The number of nitrogens with zero attached hydrogens (tertiary/aromatic N) is 1. The van der Waals surface area contributed by atoms with Gasteiger partial charge in [0.15, 0.2) is 0 Å². The lowest BCUT2D eigenvalue weighted by Crippen LogP contribution is -2.33. The molecule has 0 unspecified atom stereocenters. The lowest BCUT2D eigenvalue weighted by molar-refractivity contribution is -0.143. The van der Waals surface area contributed by atoms with Gasteiger partial charge in [-0.1, -0.05) is 17.7 Å². The van der Waals surface area contributed by atoms with E-state index in [0.717, 1.165) is 22.4 Å². The van der Waals surface area contributed by atoms with Gasteiger partial charge in [0.2, 0.25) is 0 Å². The molecule has 1 N–H and O–H groups in total. The first-order valence-corrected chi connectivity index (χ1v) is 7.05. The van der Waals surface area contributed by atoms with Gasteiger partial charge in [-0.2, -0.15) is 0 Å². The monoisotopic (exact) mass is 293 g/mol. The first-order valence-electron chi connectivity index (χ1n) is 7.05. The predicted octanol–water partition coefficient (Wildman–Crippen LogP) is 2.46. The van der Waals surface area contributed by atoms with Crippen LogP contribution in [0.3, 0.4) is 0 Å². The summed E-state index contributed by atoms with van der Waals surface area (Å²) in [4.78, 5) is 24.3. The smallest absolute Gasteiger partial charge is 0.323 e. The Kier molecular flexibility index (Phi) is 6.21. The van der Waals surface area contributed by atoms with Crippen molar-refractivity contribution in [3.8, 4) is 0 Å². The minimum absolute atomic E-state index is 0.135. The van der Waals surface area contributed by atoms with E-state index in [1.807, 2.05) is 32.9 Å². The fraction of sp³-hybridized carbons (Fsp3) is 0.500. The highest BCUT2D eigenvalue weighted by molar-refractivity contribution is 5.76. The number of carboxylic acid groups (broad SMARTS) is 1. The van der Waals surface area contributed by atoms with Crippen molar-refractivity contribution in [3.05, 3.63) is 28.8 Å². The molecule has 0 radical (unpaired) electrons. The molecule has 21 heavy (non-hydrogen) atoms. The highest BCUT2D eigenvalue weighted by Crippen LogP contribution is 2.26. The Morgan fingerprint density at radius 3 is 2.24 bits per heavy atom. The maximum absolute atomic E-state index is 11.5. The van der Waals surface area contributed by atoms with E-state index >= 15 is 0 Å². The molecule has 0 heterocycles. The van der Waals surface area contributed by atoms with Gasteiger partial charge < -0.3 is 14.7 Å². The standard InChI is InChI=1S/C16H23NO4/c1-5-21-15(20)6-7-17(10-14(18)19)16-12(3)8-11(2)9-13(16)4/h8-9H,5-7,10H2,1-4H3,(H,18,19). The first kappa shape index (κ1) is 17.0. The fourth-order valence-electron chi connectivity index (χ4n) is 2.56. The van der Waals surface area contributed by atoms with Crippen LogP contribution < -0.4 is 4.90 Å². The van der Waals surface area contributed by atoms with Gasteiger partial charge in [0.05, 0.1) is 13.0 Å². The highest BCUT2D eigenvalue weighted by atomic mass is 16.5. The zero-order chi connectivity index (χ0) is 16.0. The van der Waals surface area contributed by atoms with E-state index in [-0.39, 0.29) is 18.9 Å². The summed E-state index contributed by atoms with van der Waals surface area (Å²) >= 11 is 0. The maximum Gasteiger partial charge on any atom is 0.323 e. The minimum atomic E-state index is -0.918. The van der Waals surface area contributed by atoms with Gasteiger partial charge in [0.25, 0.3) is 0 Å². The zero-order valence-electron chi connectivity index (χ0n) is 13.1. The number of aryl methyl sites for hydroxylation is 3. The van der Waals surface area contributed by atoms with Crippen LogP contribution in [0, 0.1) is 20.8 Å². The molecular weight excluding hydrogens is 270 g/mol. The lowest BCUT2D eigenvalue weighted by Gasteiger charge is -2.26. The van der Waals surface area contributed by atoms with Crippen LogP contribution >= 0.6 is 0 Å². The van der Waals surface area contributed by atoms with Gasteiger partial charge in [-0.3, -0.25) is 9.59 Å². The molecule has 0 aliphatic carbocycles. The van der Waals surface area contributed by atoms with Crippen molar-refractivity contribution < 1.29 is 19.4 Å². The topological polar surface area (TPSA) is 66.8 Å². The second kappa shape index (κ2) is 7.67. The molecule has 1 aromatic carbocycles. The normalized spacial score (nSPS) is 10.3. The second-order valence-corrected chi connectivity index (χ2v) is 5.12. The van der Waals surface area contributed by atoms with Crippen molar-refractivity contribution in [3.63, 3.8) is 0 Å². The second-order valence-electron chi connectivity index (χ2n) is 5.12. The summed E-state index contributed by atoms with van der Waals surface area (Å²) in [5.41, 5.74) is 4.04. The van der Waals surface area contributed by atoms with E-state index < -0.39 is 5.97 Å². The van der Waals surface area contributed by atoms with Gasteiger partial charge in [-0.15, -0.1) is 0 Å². The highest BCUT2D eigenvalue weighted by Gasteiger charge is 2.17. The number of rotatable bonds is 7. The molecule has 116 valence electrons. The molecule has 0 amide bonds. The summed E-state index contributed by atoms with van der Waals surface area (Å²) in [6, 6.07) is 4.03. The largest absolute Gasteiger partial charge is 0.480 e. The third-order valence-corrected chi connectivity index (χ3v) is 3.17. The molecule has 0 saturated carbocycles. The SMILES string of the molecule is CCOC(=O)CCN(CC(=O)O)c1c(C)cc(C)cc1C. The summed E-state index contributed by atoms with van der Waals surface area (Å²) in [5, 5.41) is 9.09. The Hall–Kier alpha value is -2.04.